The lowest BCUT2D eigenvalue weighted by Gasteiger charge is -2.35. The Morgan fingerprint density at radius 2 is 1.95 bits per heavy atom. The summed E-state index contributed by atoms with van der Waals surface area (Å²) in [7, 11) is 0. The van der Waals surface area contributed by atoms with E-state index in [0.717, 1.165) is 58.1 Å². The highest BCUT2D eigenvalue weighted by Crippen LogP contribution is 2.10. The smallest absolute Gasteiger partial charge is 0.225 e. The molecule has 0 radical (unpaired) electrons. The van der Waals surface area contributed by atoms with Gasteiger partial charge in [-0.15, -0.1) is 0 Å². The maximum absolute atomic E-state index is 9.37. The van der Waals surface area contributed by atoms with Gasteiger partial charge in [0.1, 0.15) is 0 Å². The van der Waals surface area contributed by atoms with Crippen LogP contribution in [0.3, 0.4) is 0 Å². The molecular formula is C15H27N5O. The number of hydrogen-bond acceptors (Lipinski definition) is 6. The second kappa shape index (κ2) is 8.92. The molecular weight excluding hydrogens is 266 g/mol. The number of anilines is 1. The fourth-order valence-electron chi connectivity index (χ4n) is 2.57. The summed E-state index contributed by atoms with van der Waals surface area (Å²) >= 11 is 0. The van der Waals surface area contributed by atoms with Crippen LogP contribution in [0.25, 0.3) is 0 Å². The number of nitrogens with zero attached hydrogens (tertiary/aromatic N) is 4. The van der Waals surface area contributed by atoms with Crippen molar-refractivity contribution in [3.63, 3.8) is 0 Å². The van der Waals surface area contributed by atoms with E-state index in [4.69, 9.17) is 0 Å². The Morgan fingerprint density at radius 1 is 1.24 bits per heavy atom. The molecule has 2 rings (SSSR count). The lowest BCUT2D eigenvalue weighted by Crippen LogP contribution is -2.48. The predicted molar refractivity (Wildman–Crippen MR) is 84.5 cm³/mol. The Bertz CT molecular complexity index is 381. The molecule has 0 spiro atoms. The van der Waals surface area contributed by atoms with Gasteiger partial charge in [-0.1, -0.05) is 6.92 Å². The number of aliphatic hydroxyl groups is 1. The van der Waals surface area contributed by atoms with E-state index in [-0.39, 0.29) is 12.6 Å². The van der Waals surface area contributed by atoms with Crippen molar-refractivity contribution in [2.75, 3.05) is 50.8 Å². The number of nitrogens with one attached hydrogen (secondary N) is 1. The molecule has 1 aromatic rings. The highest BCUT2D eigenvalue weighted by atomic mass is 16.3. The Morgan fingerprint density at radius 3 is 2.57 bits per heavy atom. The van der Waals surface area contributed by atoms with Gasteiger partial charge in [0.25, 0.3) is 0 Å². The number of aliphatic hydroxyl groups excluding tert-OH is 1. The number of rotatable bonds is 8. The Balaban J connectivity index is 1.69. The highest BCUT2D eigenvalue weighted by Gasteiger charge is 2.19. The minimum Gasteiger partial charge on any atom is -0.395 e. The van der Waals surface area contributed by atoms with E-state index in [1.807, 2.05) is 6.07 Å². The van der Waals surface area contributed by atoms with Crippen molar-refractivity contribution in [2.45, 2.75) is 25.8 Å². The van der Waals surface area contributed by atoms with Gasteiger partial charge in [-0.25, -0.2) is 9.97 Å². The molecule has 1 aliphatic rings. The molecule has 2 N–H and O–H groups in total. The van der Waals surface area contributed by atoms with Gasteiger partial charge < -0.3 is 15.3 Å². The molecule has 0 bridgehead atoms. The van der Waals surface area contributed by atoms with Gasteiger partial charge >= 0.3 is 0 Å². The highest BCUT2D eigenvalue weighted by molar-refractivity contribution is 5.29. The summed E-state index contributed by atoms with van der Waals surface area (Å²) < 4.78 is 0. The van der Waals surface area contributed by atoms with Crippen LogP contribution in [-0.2, 0) is 0 Å². The monoisotopic (exact) mass is 293 g/mol. The quantitative estimate of drug-likeness (QED) is 0.721. The van der Waals surface area contributed by atoms with Crippen LogP contribution in [0.5, 0.6) is 0 Å². The number of piperazine rings is 1. The molecule has 6 heteroatoms. The predicted octanol–water partition coefficient (Wildman–Crippen LogP) is 0.349. The van der Waals surface area contributed by atoms with E-state index >= 15 is 0 Å². The summed E-state index contributed by atoms with van der Waals surface area (Å²) in [5.74, 6) is 0.829. The molecule has 6 nitrogen and oxygen atoms in total. The van der Waals surface area contributed by atoms with E-state index in [0.29, 0.717) is 0 Å². The summed E-state index contributed by atoms with van der Waals surface area (Å²) in [6.07, 6.45) is 5.69. The van der Waals surface area contributed by atoms with Gasteiger partial charge in [-0.3, -0.25) is 4.90 Å². The van der Waals surface area contributed by atoms with Crippen molar-refractivity contribution in [2.24, 2.45) is 0 Å². The molecule has 118 valence electrons. The van der Waals surface area contributed by atoms with Crippen LogP contribution in [0.2, 0.25) is 0 Å². The van der Waals surface area contributed by atoms with Gasteiger partial charge in [-0.2, -0.15) is 0 Å². The third kappa shape index (κ3) is 5.22. The first kappa shape index (κ1) is 16.1. The molecule has 0 amide bonds. The standard InChI is InChI=1S/C15H27N5O/c1-2-5-16-14(13-21)4-8-19-9-11-20(12-10-19)15-17-6-3-7-18-15/h3,6-7,14,16,21H,2,4-5,8-13H2,1H3. The lowest BCUT2D eigenvalue weighted by atomic mass is 10.2. The summed E-state index contributed by atoms with van der Waals surface area (Å²) in [6.45, 7) is 8.38. The van der Waals surface area contributed by atoms with Gasteiger partial charge in [0.05, 0.1) is 6.61 Å². The van der Waals surface area contributed by atoms with E-state index in [9.17, 15) is 5.11 Å². The zero-order valence-corrected chi connectivity index (χ0v) is 12.9. The maximum atomic E-state index is 9.37. The first-order valence-electron chi connectivity index (χ1n) is 7.92. The van der Waals surface area contributed by atoms with Crippen LogP contribution in [0.15, 0.2) is 18.5 Å². The van der Waals surface area contributed by atoms with Crippen molar-refractivity contribution < 1.29 is 5.11 Å². The summed E-state index contributed by atoms with van der Waals surface area (Å²) in [4.78, 5) is 13.3. The zero-order valence-electron chi connectivity index (χ0n) is 12.9. The van der Waals surface area contributed by atoms with Crippen molar-refractivity contribution in [3.05, 3.63) is 18.5 Å². The fourth-order valence-corrected chi connectivity index (χ4v) is 2.57. The number of hydrogen-bond donors (Lipinski definition) is 2. The van der Waals surface area contributed by atoms with Crippen molar-refractivity contribution in [3.8, 4) is 0 Å². The van der Waals surface area contributed by atoms with Crippen molar-refractivity contribution >= 4 is 5.95 Å². The van der Waals surface area contributed by atoms with E-state index < -0.39 is 0 Å². The van der Waals surface area contributed by atoms with Crippen LogP contribution >= 0.6 is 0 Å². The Kier molecular flexibility index (Phi) is 6.85. The van der Waals surface area contributed by atoms with Crippen molar-refractivity contribution in [1.82, 2.24) is 20.2 Å². The molecule has 1 aliphatic heterocycles. The summed E-state index contributed by atoms with van der Waals surface area (Å²) in [5.41, 5.74) is 0. The van der Waals surface area contributed by atoms with Crippen LogP contribution in [0.4, 0.5) is 5.95 Å². The summed E-state index contributed by atoms with van der Waals surface area (Å²) in [5, 5.41) is 12.8. The average molecular weight is 293 g/mol. The van der Waals surface area contributed by atoms with Gasteiger partial charge in [-0.05, 0) is 32.0 Å². The molecule has 1 fully saturated rings. The number of aromatic nitrogens is 2. The van der Waals surface area contributed by atoms with Crippen LogP contribution in [0.1, 0.15) is 19.8 Å². The molecule has 1 atom stereocenters. The minimum atomic E-state index is 0.220. The molecule has 1 aromatic heterocycles. The van der Waals surface area contributed by atoms with Gasteiger partial charge in [0.2, 0.25) is 5.95 Å². The first-order valence-corrected chi connectivity index (χ1v) is 7.92. The molecule has 0 saturated carbocycles. The normalized spacial score (nSPS) is 17.9. The second-order valence-corrected chi connectivity index (χ2v) is 5.50. The zero-order chi connectivity index (χ0) is 14.9. The van der Waals surface area contributed by atoms with E-state index in [2.05, 4.69) is 32.0 Å². The van der Waals surface area contributed by atoms with E-state index in [1.165, 1.54) is 0 Å². The minimum absolute atomic E-state index is 0.220. The molecule has 0 aliphatic carbocycles. The Hall–Kier alpha value is -1.24. The lowest BCUT2D eigenvalue weighted by molar-refractivity contribution is 0.200. The molecule has 1 saturated heterocycles. The van der Waals surface area contributed by atoms with Crippen LogP contribution in [-0.4, -0.2) is 71.9 Å². The second-order valence-electron chi connectivity index (χ2n) is 5.50. The third-order valence-corrected chi connectivity index (χ3v) is 3.90. The van der Waals surface area contributed by atoms with Crippen molar-refractivity contribution in [1.29, 1.82) is 0 Å². The molecule has 1 unspecified atom stereocenters. The molecule has 2 heterocycles. The fraction of sp³-hybridized carbons (Fsp3) is 0.733. The average Bonchev–Trinajstić information content (AvgIpc) is 2.56. The van der Waals surface area contributed by atoms with Gasteiger partial charge in [0.15, 0.2) is 0 Å². The summed E-state index contributed by atoms with van der Waals surface area (Å²) in [6, 6.07) is 2.07. The van der Waals surface area contributed by atoms with Crippen LogP contribution in [0, 0.1) is 0 Å². The first-order chi connectivity index (χ1) is 10.3. The largest absolute Gasteiger partial charge is 0.395 e. The maximum Gasteiger partial charge on any atom is 0.225 e. The van der Waals surface area contributed by atoms with Gasteiger partial charge in [0, 0.05) is 44.6 Å². The topological polar surface area (TPSA) is 64.5 Å². The van der Waals surface area contributed by atoms with Crippen LogP contribution < -0.4 is 10.2 Å². The third-order valence-electron chi connectivity index (χ3n) is 3.90. The SMILES string of the molecule is CCCNC(CO)CCN1CCN(c2ncccn2)CC1. The molecule has 21 heavy (non-hydrogen) atoms. The van der Waals surface area contributed by atoms with E-state index in [1.54, 1.807) is 12.4 Å². The Labute approximate surface area is 127 Å². The molecule has 0 aromatic carbocycles.